The first-order valence-corrected chi connectivity index (χ1v) is 6.72. The summed E-state index contributed by atoms with van der Waals surface area (Å²) in [6.45, 7) is 0.556. The van der Waals surface area contributed by atoms with Crippen molar-refractivity contribution in [1.82, 2.24) is 5.32 Å². The fourth-order valence-electron chi connectivity index (χ4n) is 2.13. The van der Waals surface area contributed by atoms with Crippen LogP contribution in [0.4, 0.5) is 5.69 Å². The summed E-state index contributed by atoms with van der Waals surface area (Å²) < 4.78 is 0. The van der Waals surface area contributed by atoms with Crippen LogP contribution in [-0.4, -0.2) is 20.0 Å². The Hall–Kier alpha value is -2.29. The number of nitrogens with zero attached hydrogens (tertiary/aromatic N) is 1. The molecular weight excluding hydrogens is 248 g/mol. The number of hydrogen-bond donors (Lipinski definition) is 1. The van der Waals surface area contributed by atoms with Gasteiger partial charge in [0.2, 0.25) is 5.91 Å². The highest BCUT2D eigenvalue weighted by atomic mass is 16.1. The number of hydrogen-bond acceptors (Lipinski definition) is 2. The Labute approximate surface area is 120 Å². The minimum Gasteiger partial charge on any atom is -0.377 e. The smallest absolute Gasteiger partial charge is 0.224 e. The molecule has 2 aromatic carbocycles. The van der Waals surface area contributed by atoms with Gasteiger partial charge in [-0.25, -0.2) is 0 Å². The van der Waals surface area contributed by atoms with Gasteiger partial charge in [0, 0.05) is 26.3 Å². The van der Waals surface area contributed by atoms with E-state index >= 15 is 0 Å². The maximum atomic E-state index is 11.9. The summed E-state index contributed by atoms with van der Waals surface area (Å²) in [6, 6.07) is 17.9. The molecule has 0 bridgehead atoms. The van der Waals surface area contributed by atoms with E-state index in [9.17, 15) is 4.79 Å². The van der Waals surface area contributed by atoms with Crippen molar-refractivity contribution in [3.05, 3.63) is 65.7 Å². The zero-order chi connectivity index (χ0) is 14.4. The lowest BCUT2D eigenvalue weighted by atomic mass is 10.1. The van der Waals surface area contributed by atoms with E-state index in [0.717, 1.165) is 16.8 Å². The second kappa shape index (κ2) is 6.75. The lowest BCUT2D eigenvalue weighted by Crippen LogP contribution is -2.25. The van der Waals surface area contributed by atoms with Crippen molar-refractivity contribution in [3.8, 4) is 0 Å². The lowest BCUT2D eigenvalue weighted by molar-refractivity contribution is -0.120. The first-order valence-electron chi connectivity index (χ1n) is 6.72. The van der Waals surface area contributed by atoms with Gasteiger partial charge >= 0.3 is 0 Å². The molecule has 0 fully saturated rings. The minimum absolute atomic E-state index is 0.0461. The Bertz CT molecular complexity index is 564. The standard InChI is InChI=1S/C17H20N2O/c1-19(2)16-11-7-6-10-15(16)13-18-17(20)12-14-8-4-3-5-9-14/h3-11H,12-13H2,1-2H3,(H,18,20). The van der Waals surface area contributed by atoms with Crippen molar-refractivity contribution in [1.29, 1.82) is 0 Å². The van der Waals surface area contributed by atoms with Crippen LogP contribution in [0.15, 0.2) is 54.6 Å². The molecule has 2 rings (SSSR count). The zero-order valence-electron chi connectivity index (χ0n) is 12.0. The largest absolute Gasteiger partial charge is 0.377 e. The van der Waals surface area contributed by atoms with Crippen molar-refractivity contribution in [2.45, 2.75) is 13.0 Å². The Balaban J connectivity index is 1.94. The number of carbonyl (C=O) groups is 1. The van der Waals surface area contributed by atoms with E-state index in [-0.39, 0.29) is 5.91 Å². The van der Waals surface area contributed by atoms with Gasteiger partial charge in [-0.15, -0.1) is 0 Å². The van der Waals surface area contributed by atoms with E-state index in [1.807, 2.05) is 62.6 Å². The van der Waals surface area contributed by atoms with Gasteiger partial charge in [0.25, 0.3) is 0 Å². The van der Waals surface area contributed by atoms with Crippen molar-refractivity contribution in [3.63, 3.8) is 0 Å². The van der Waals surface area contributed by atoms with E-state index in [1.54, 1.807) is 0 Å². The predicted molar refractivity (Wildman–Crippen MR) is 82.8 cm³/mol. The van der Waals surface area contributed by atoms with E-state index in [0.29, 0.717) is 13.0 Å². The molecule has 2 aromatic rings. The molecule has 3 nitrogen and oxygen atoms in total. The number of amides is 1. The number of benzene rings is 2. The van der Waals surface area contributed by atoms with Crippen molar-refractivity contribution in [2.75, 3.05) is 19.0 Å². The van der Waals surface area contributed by atoms with Gasteiger partial charge < -0.3 is 10.2 Å². The second-order valence-electron chi connectivity index (χ2n) is 4.96. The van der Waals surface area contributed by atoms with E-state index in [1.165, 1.54) is 0 Å². The van der Waals surface area contributed by atoms with Crippen LogP contribution >= 0.6 is 0 Å². The van der Waals surface area contributed by atoms with Gasteiger partial charge in [-0.3, -0.25) is 4.79 Å². The fraction of sp³-hybridized carbons (Fsp3) is 0.235. The van der Waals surface area contributed by atoms with Gasteiger partial charge in [-0.1, -0.05) is 48.5 Å². The lowest BCUT2D eigenvalue weighted by Gasteiger charge is -2.17. The molecule has 0 saturated heterocycles. The molecular formula is C17H20N2O. The molecule has 0 spiro atoms. The third kappa shape index (κ3) is 3.85. The van der Waals surface area contributed by atoms with Crippen molar-refractivity contribution >= 4 is 11.6 Å². The topological polar surface area (TPSA) is 32.3 Å². The van der Waals surface area contributed by atoms with Crippen LogP contribution < -0.4 is 10.2 Å². The summed E-state index contributed by atoms with van der Waals surface area (Å²) in [4.78, 5) is 14.0. The molecule has 0 radical (unpaired) electrons. The molecule has 1 N–H and O–H groups in total. The Morgan fingerprint density at radius 3 is 2.35 bits per heavy atom. The van der Waals surface area contributed by atoms with E-state index < -0.39 is 0 Å². The highest BCUT2D eigenvalue weighted by Gasteiger charge is 2.06. The van der Waals surface area contributed by atoms with E-state index in [2.05, 4.69) is 16.3 Å². The number of anilines is 1. The number of carbonyl (C=O) groups excluding carboxylic acids is 1. The average Bonchev–Trinajstić information content (AvgIpc) is 2.46. The maximum absolute atomic E-state index is 11.9. The quantitative estimate of drug-likeness (QED) is 0.904. The van der Waals surface area contributed by atoms with Crippen LogP contribution in [0.5, 0.6) is 0 Å². The Morgan fingerprint density at radius 2 is 1.65 bits per heavy atom. The summed E-state index contributed by atoms with van der Waals surface area (Å²) in [7, 11) is 4.01. The molecule has 0 saturated carbocycles. The first-order chi connectivity index (χ1) is 9.66. The van der Waals surface area contributed by atoms with Crippen LogP contribution in [0.3, 0.4) is 0 Å². The molecule has 0 aliphatic carbocycles. The third-order valence-electron chi connectivity index (χ3n) is 3.16. The first kappa shape index (κ1) is 14.1. The summed E-state index contributed by atoms with van der Waals surface area (Å²) >= 11 is 0. The fourth-order valence-corrected chi connectivity index (χ4v) is 2.13. The molecule has 20 heavy (non-hydrogen) atoms. The average molecular weight is 268 g/mol. The Kier molecular flexibility index (Phi) is 4.77. The highest BCUT2D eigenvalue weighted by Crippen LogP contribution is 2.17. The molecule has 0 aromatic heterocycles. The minimum atomic E-state index is 0.0461. The third-order valence-corrected chi connectivity index (χ3v) is 3.16. The van der Waals surface area contributed by atoms with Crippen LogP contribution in [0, 0.1) is 0 Å². The van der Waals surface area contributed by atoms with Gasteiger partial charge in [0.15, 0.2) is 0 Å². The molecule has 0 aliphatic rings. The van der Waals surface area contributed by atoms with Crippen molar-refractivity contribution in [2.24, 2.45) is 0 Å². The van der Waals surface area contributed by atoms with E-state index in [4.69, 9.17) is 0 Å². The zero-order valence-corrected chi connectivity index (χ0v) is 12.0. The number of para-hydroxylation sites is 1. The van der Waals surface area contributed by atoms with Crippen LogP contribution in [0.1, 0.15) is 11.1 Å². The molecule has 3 heteroatoms. The SMILES string of the molecule is CN(C)c1ccccc1CNC(=O)Cc1ccccc1. The van der Waals surface area contributed by atoms with Crippen LogP contribution in [0.25, 0.3) is 0 Å². The summed E-state index contributed by atoms with van der Waals surface area (Å²) in [6.07, 6.45) is 0.422. The molecule has 0 atom stereocenters. The Morgan fingerprint density at radius 1 is 1.00 bits per heavy atom. The summed E-state index contributed by atoms with van der Waals surface area (Å²) in [5.41, 5.74) is 3.29. The molecule has 104 valence electrons. The van der Waals surface area contributed by atoms with Crippen molar-refractivity contribution < 1.29 is 4.79 Å². The number of nitrogens with one attached hydrogen (secondary N) is 1. The normalized spacial score (nSPS) is 10.1. The number of rotatable bonds is 5. The van der Waals surface area contributed by atoms with Gasteiger partial charge in [0.05, 0.1) is 6.42 Å². The van der Waals surface area contributed by atoms with Crippen LogP contribution in [-0.2, 0) is 17.8 Å². The maximum Gasteiger partial charge on any atom is 0.224 e. The van der Waals surface area contributed by atoms with Gasteiger partial charge in [0.1, 0.15) is 0 Å². The molecule has 0 heterocycles. The summed E-state index contributed by atoms with van der Waals surface area (Å²) in [5, 5.41) is 2.98. The monoisotopic (exact) mass is 268 g/mol. The highest BCUT2D eigenvalue weighted by molar-refractivity contribution is 5.78. The van der Waals surface area contributed by atoms with Crippen LogP contribution in [0.2, 0.25) is 0 Å². The predicted octanol–water partition coefficient (Wildman–Crippen LogP) is 2.61. The second-order valence-corrected chi connectivity index (χ2v) is 4.96. The molecule has 0 aliphatic heterocycles. The van der Waals surface area contributed by atoms with Gasteiger partial charge in [-0.05, 0) is 17.2 Å². The molecule has 1 amide bonds. The molecule has 0 unspecified atom stereocenters. The van der Waals surface area contributed by atoms with Gasteiger partial charge in [-0.2, -0.15) is 0 Å². The summed E-state index contributed by atoms with van der Waals surface area (Å²) in [5.74, 6) is 0.0461.